The van der Waals surface area contributed by atoms with E-state index in [0.29, 0.717) is 12.2 Å². The van der Waals surface area contributed by atoms with Crippen molar-refractivity contribution in [2.45, 2.75) is 11.3 Å². The molecular weight excluding hydrogens is 294 g/mol. The maximum atomic E-state index is 12.3. The van der Waals surface area contributed by atoms with Crippen LogP contribution < -0.4 is 14.2 Å². The summed E-state index contributed by atoms with van der Waals surface area (Å²) in [6.45, 7) is 0.255. The van der Waals surface area contributed by atoms with Crippen molar-refractivity contribution in [1.82, 2.24) is 14.7 Å². The molecule has 1 aromatic carbocycles. The van der Waals surface area contributed by atoms with E-state index in [1.54, 1.807) is 24.7 Å². The van der Waals surface area contributed by atoms with Gasteiger partial charge in [-0.15, -0.1) is 0 Å². The first kappa shape index (κ1) is 15.3. The molecule has 0 unspecified atom stereocenters. The van der Waals surface area contributed by atoms with Gasteiger partial charge in [0.1, 0.15) is 16.4 Å². The van der Waals surface area contributed by atoms with Crippen molar-refractivity contribution >= 4 is 10.0 Å². The molecule has 114 valence electrons. The molecule has 2 rings (SSSR count). The Bertz CT molecular complexity index is 683. The van der Waals surface area contributed by atoms with Gasteiger partial charge in [-0.3, -0.25) is 0 Å². The minimum absolute atomic E-state index is 0.0500. The molecular formula is C13H17N3O4S. The second kappa shape index (κ2) is 6.59. The standard InChI is InChI=1S/C13H17N3O4S/c1-19-11-3-4-12(20-2)13(7-11)21(17,18)16-6-5-10-8-14-9-15-10/h3-4,7-9,16H,5-6H2,1-2H3,(H,14,15). The number of imidazole rings is 1. The van der Waals surface area contributed by atoms with Crippen molar-refractivity contribution in [3.8, 4) is 11.5 Å². The van der Waals surface area contributed by atoms with E-state index in [9.17, 15) is 8.42 Å². The highest BCUT2D eigenvalue weighted by atomic mass is 32.2. The molecule has 8 heteroatoms. The predicted molar refractivity (Wildman–Crippen MR) is 77.0 cm³/mol. The number of hydrogen-bond donors (Lipinski definition) is 2. The summed E-state index contributed by atoms with van der Waals surface area (Å²) in [7, 11) is -0.780. The quantitative estimate of drug-likeness (QED) is 0.794. The third kappa shape index (κ3) is 3.73. The van der Waals surface area contributed by atoms with E-state index in [2.05, 4.69) is 14.7 Å². The third-order valence-electron chi connectivity index (χ3n) is 2.90. The molecule has 0 radical (unpaired) electrons. The molecule has 0 fully saturated rings. The molecule has 0 aliphatic carbocycles. The zero-order valence-corrected chi connectivity index (χ0v) is 12.6. The SMILES string of the molecule is COc1ccc(OC)c(S(=O)(=O)NCCc2cnc[nH]2)c1. The number of benzene rings is 1. The summed E-state index contributed by atoms with van der Waals surface area (Å²) in [4.78, 5) is 6.84. The molecule has 0 aliphatic rings. The number of methoxy groups -OCH3 is 2. The minimum atomic E-state index is -3.68. The van der Waals surface area contributed by atoms with Gasteiger partial charge in [0.05, 0.1) is 20.5 Å². The van der Waals surface area contributed by atoms with Crippen molar-refractivity contribution in [3.05, 3.63) is 36.4 Å². The number of sulfonamides is 1. The summed E-state index contributed by atoms with van der Waals surface area (Å²) in [5, 5.41) is 0. The molecule has 0 saturated heterocycles. The number of aromatic nitrogens is 2. The topological polar surface area (TPSA) is 93.3 Å². The number of nitrogens with one attached hydrogen (secondary N) is 2. The van der Waals surface area contributed by atoms with Crippen molar-refractivity contribution in [2.75, 3.05) is 20.8 Å². The summed E-state index contributed by atoms with van der Waals surface area (Å²) in [6.07, 6.45) is 3.72. The Kier molecular flexibility index (Phi) is 4.81. The third-order valence-corrected chi connectivity index (χ3v) is 4.38. The molecule has 7 nitrogen and oxygen atoms in total. The van der Waals surface area contributed by atoms with E-state index in [0.717, 1.165) is 5.69 Å². The van der Waals surface area contributed by atoms with Crippen LogP contribution in [0.15, 0.2) is 35.6 Å². The van der Waals surface area contributed by atoms with Crippen LogP contribution in [0.3, 0.4) is 0 Å². The predicted octanol–water partition coefficient (Wildman–Crippen LogP) is 0.948. The molecule has 21 heavy (non-hydrogen) atoms. The van der Waals surface area contributed by atoms with Gasteiger partial charge < -0.3 is 14.5 Å². The molecule has 0 aliphatic heterocycles. The van der Waals surface area contributed by atoms with Crippen molar-refractivity contribution in [1.29, 1.82) is 0 Å². The van der Waals surface area contributed by atoms with Crippen molar-refractivity contribution in [2.24, 2.45) is 0 Å². The molecule has 0 atom stereocenters. The highest BCUT2D eigenvalue weighted by Gasteiger charge is 2.20. The van der Waals surface area contributed by atoms with Gasteiger partial charge in [-0.1, -0.05) is 0 Å². The summed E-state index contributed by atoms with van der Waals surface area (Å²) in [5.74, 6) is 0.717. The lowest BCUT2D eigenvalue weighted by molar-refractivity contribution is 0.392. The second-order valence-electron chi connectivity index (χ2n) is 4.24. The van der Waals surface area contributed by atoms with Crippen LogP contribution in [0.4, 0.5) is 0 Å². The summed E-state index contributed by atoms with van der Waals surface area (Å²) >= 11 is 0. The molecule has 1 aromatic heterocycles. The lowest BCUT2D eigenvalue weighted by Crippen LogP contribution is -2.26. The van der Waals surface area contributed by atoms with Crippen LogP contribution in [-0.4, -0.2) is 39.2 Å². The van der Waals surface area contributed by atoms with Crippen LogP contribution in [-0.2, 0) is 16.4 Å². The second-order valence-corrected chi connectivity index (χ2v) is 5.98. The molecule has 0 saturated carbocycles. The Morgan fingerprint density at radius 2 is 2.10 bits per heavy atom. The molecule has 2 aromatic rings. The highest BCUT2D eigenvalue weighted by molar-refractivity contribution is 7.89. The van der Waals surface area contributed by atoms with Gasteiger partial charge in [0.25, 0.3) is 0 Å². The zero-order valence-electron chi connectivity index (χ0n) is 11.8. The fourth-order valence-corrected chi connectivity index (χ4v) is 3.03. The summed E-state index contributed by atoms with van der Waals surface area (Å²) in [5.41, 5.74) is 0.857. The lowest BCUT2D eigenvalue weighted by Gasteiger charge is -2.11. The number of H-pyrrole nitrogens is 1. The fraction of sp³-hybridized carbons (Fsp3) is 0.308. The van der Waals surface area contributed by atoms with E-state index >= 15 is 0 Å². The maximum absolute atomic E-state index is 12.3. The minimum Gasteiger partial charge on any atom is -0.497 e. The Morgan fingerprint density at radius 3 is 2.71 bits per heavy atom. The summed E-state index contributed by atoms with van der Waals surface area (Å²) < 4.78 is 37.3. The van der Waals surface area contributed by atoms with Crippen molar-refractivity contribution in [3.63, 3.8) is 0 Å². The number of rotatable bonds is 7. The van der Waals surface area contributed by atoms with Gasteiger partial charge >= 0.3 is 0 Å². The molecule has 0 bridgehead atoms. The normalized spacial score (nSPS) is 11.3. The van der Waals surface area contributed by atoms with Crippen molar-refractivity contribution < 1.29 is 17.9 Å². The molecule has 2 N–H and O–H groups in total. The number of hydrogen-bond acceptors (Lipinski definition) is 5. The molecule has 1 heterocycles. The Balaban J connectivity index is 2.14. The van der Waals surface area contributed by atoms with Gasteiger partial charge in [0.15, 0.2) is 0 Å². The molecule has 0 amide bonds. The monoisotopic (exact) mass is 311 g/mol. The largest absolute Gasteiger partial charge is 0.497 e. The Morgan fingerprint density at radius 1 is 1.29 bits per heavy atom. The number of aromatic amines is 1. The Hall–Kier alpha value is -2.06. The fourth-order valence-electron chi connectivity index (χ4n) is 1.81. The summed E-state index contributed by atoms with van der Waals surface area (Å²) in [6, 6.07) is 4.63. The van der Waals surface area contributed by atoms with Gasteiger partial charge in [0, 0.05) is 30.9 Å². The first-order valence-electron chi connectivity index (χ1n) is 6.26. The van der Waals surface area contributed by atoms with Crippen LogP contribution in [0.5, 0.6) is 11.5 Å². The van der Waals surface area contributed by atoms with Gasteiger partial charge in [0.2, 0.25) is 10.0 Å². The lowest BCUT2D eigenvalue weighted by atomic mass is 10.3. The Labute approximate surface area is 123 Å². The van der Waals surface area contributed by atoms with Crippen LogP contribution in [0, 0.1) is 0 Å². The van der Waals surface area contributed by atoms with Crippen LogP contribution in [0.25, 0.3) is 0 Å². The number of nitrogens with zero attached hydrogens (tertiary/aromatic N) is 1. The maximum Gasteiger partial charge on any atom is 0.244 e. The van der Waals surface area contributed by atoms with E-state index < -0.39 is 10.0 Å². The zero-order chi connectivity index (χ0) is 15.3. The van der Waals surface area contributed by atoms with Crippen LogP contribution in [0.1, 0.15) is 5.69 Å². The van der Waals surface area contributed by atoms with Crippen LogP contribution in [0.2, 0.25) is 0 Å². The van der Waals surface area contributed by atoms with Gasteiger partial charge in [-0.05, 0) is 12.1 Å². The highest BCUT2D eigenvalue weighted by Crippen LogP contribution is 2.27. The van der Waals surface area contributed by atoms with E-state index in [1.165, 1.54) is 20.3 Å². The first-order chi connectivity index (χ1) is 10.1. The smallest absolute Gasteiger partial charge is 0.244 e. The van der Waals surface area contributed by atoms with Gasteiger partial charge in [-0.2, -0.15) is 0 Å². The van der Waals surface area contributed by atoms with E-state index in [1.807, 2.05) is 0 Å². The van der Waals surface area contributed by atoms with E-state index in [4.69, 9.17) is 9.47 Å². The van der Waals surface area contributed by atoms with E-state index in [-0.39, 0.29) is 17.2 Å². The average Bonchev–Trinajstić information content (AvgIpc) is 2.99. The van der Waals surface area contributed by atoms with Gasteiger partial charge in [-0.25, -0.2) is 18.1 Å². The average molecular weight is 311 g/mol. The number of ether oxygens (including phenoxy) is 2. The first-order valence-corrected chi connectivity index (χ1v) is 7.74. The molecule has 0 spiro atoms. The van der Waals surface area contributed by atoms with Crippen LogP contribution >= 0.6 is 0 Å².